The Morgan fingerprint density at radius 1 is 1.38 bits per heavy atom. The van der Waals surface area contributed by atoms with Gasteiger partial charge < -0.3 is 4.74 Å². The Morgan fingerprint density at radius 3 is 2.12 bits per heavy atom. The summed E-state index contributed by atoms with van der Waals surface area (Å²) in [5, 5.41) is 0. The van der Waals surface area contributed by atoms with Crippen LogP contribution in [0.25, 0.3) is 0 Å². The van der Waals surface area contributed by atoms with Crippen LogP contribution >= 0.6 is 0 Å². The highest BCUT2D eigenvalue weighted by Crippen LogP contribution is 2.16. The van der Waals surface area contributed by atoms with E-state index < -0.39 is 5.67 Å². The van der Waals surface area contributed by atoms with E-state index in [4.69, 9.17) is 0 Å². The van der Waals surface area contributed by atoms with Crippen molar-refractivity contribution in [3.8, 4) is 0 Å². The minimum absolute atomic E-state index is 1.24. The van der Waals surface area contributed by atoms with Crippen molar-refractivity contribution in [2.75, 3.05) is 0 Å². The van der Waals surface area contributed by atoms with Gasteiger partial charge in [-0.15, -0.1) is 0 Å². The van der Waals surface area contributed by atoms with Gasteiger partial charge in [-0.2, -0.15) is 0 Å². The van der Waals surface area contributed by atoms with E-state index in [0.717, 1.165) is 0 Å². The van der Waals surface area contributed by atoms with E-state index in [1.165, 1.54) is 24.7 Å². The molecule has 1 aliphatic rings. The third kappa shape index (κ3) is 1.09. The van der Waals surface area contributed by atoms with E-state index in [1.54, 1.807) is 0 Å². The molecule has 1 radical (unpaired) electrons. The predicted molar refractivity (Wildman–Crippen MR) is 28.6 cm³/mol. The van der Waals surface area contributed by atoms with E-state index in [-0.39, 0.29) is 0 Å². The minimum Gasteiger partial charge on any atom is -0.473 e. The van der Waals surface area contributed by atoms with Crippen LogP contribution in [0.1, 0.15) is 0 Å². The van der Waals surface area contributed by atoms with Gasteiger partial charge >= 0.3 is 0 Å². The van der Waals surface area contributed by atoms with Crippen molar-refractivity contribution in [2.45, 2.75) is 5.67 Å². The molecule has 0 saturated carbocycles. The van der Waals surface area contributed by atoms with Gasteiger partial charge in [0.15, 0.2) is 5.67 Å². The fourth-order valence-corrected chi connectivity index (χ4v) is 0.406. The van der Waals surface area contributed by atoms with Crippen LogP contribution in [0, 0.1) is 6.92 Å². The van der Waals surface area contributed by atoms with Gasteiger partial charge in [-0.25, -0.2) is 4.39 Å². The minimum atomic E-state index is -1.56. The summed E-state index contributed by atoms with van der Waals surface area (Å²) in [5.41, 5.74) is -1.56. The number of halogens is 1. The van der Waals surface area contributed by atoms with Crippen LogP contribution in [0.15, 0.2) is 24.7 Å². The van der Waals surface area contributed by atoms with Gasteiger partial charge in [0.05, 0.1) is 12.5 Å². The molecule has 1 heterocycles. The van der Waals surface area contributed by atoms with Gasteiger partial charge in [0, 0.05) is 0 Å². The first kappa shape index (κ1) is 5.35. The molecular weight excluding hydrogens is 107 g/mol. The largest absolute Gasteiger partial charge is 0.473 e. The zero-order valence-electron chi connectivity index (χ0n) is 4.30. The van der Waals surface area contributed by atoms with E-state index in [9.17, 15) is 4.39 Å². The highest BCUT2D eigenvalue weighted by Gasteiger charge is 2.16. The number of ether oxygens (including phenoxy) is 1. The molecular formula is C6H6FO. The zero-order chi connectivity index (χ0) is 6.04. The molecule has 0 aromatic rings. The van der Waals surface area contributed by atoms with Crippen LogP contribution in [0.2, 0.25) is 0 Å². The normalized spacial score (nSPS) is 22.8. The lowest BCUT2D eigenvalue weighted by atomic mass is 10.1. The third-order valence-electron chi connectivity index (χ3n) is 0.847. The van der Waals surface area contributed by atoms with E-state index >= 15 is 0 Å². The number of alkyl halides is 1. The van der Waals surface area contributed by atoms with Crippen LogP contribution in [-0.4, -0.2) is 5.67 Å². The van der Waals surface area contributed by atoms with Crippen molar-refractivity contribution in [3.63, 3.8) is 0 Å². The number of hydrogen-bond donors (Lipinski definition) is 0. The standard InChI is InChI=1S/C6H6FO/c1-6(7)2-4-8-5-3-6/h2-5H,1H2. The Hall–Kier alpha value is -0.790. The fourth-order valence-electron chi connectivity index (χ4n) is 0.406. The van der Waals surface area contributed by atoms with Crippen molar-refractivity contribution < 1.29 is 9.13 Å². The Kier molecular flexibility index (Phi) is 1.08. The van der Waals surface area contributed by atoms with Gasteiger partial charge in [-0.1, -0.05) is 0 Å². The molecule has 43 valence electrons. The molecule has 0 unspecified atom stereocenters. The van der Waals surface area contributed by atoms with Crippen molar-refractivity contribution in [1.82, 2.24) is 0 Å². The Bertz CT molecular complexity index is 121. The molecule has 0 aromatic heterocycles. The third-order valence-corrected chi connectivity index (χ3v) is 0.847. The average Bonchev–Trinajstić information content (AvgIpc) is 1.65. The summed E-state index contributed by atoms with van der Waals surface area (Å²) >= 11 is 0. The zero-order valence-corrected chi connectivity index (χ0v) is 4.30. The first-order valence-corrected chi connectivity index (χ1v) is 2.26. The smallest absolute Gasteiger partial charge is 0.153 e. The lowest BCUT2D eigenvalue weighted by Gasteiger charge is -2.11. The lowest BCUT2D eigenvalue weighted by Crippen LogP contribution is -2.11. The number of allylic oxidation sites excluding steroid dienone is 2. The van der Waals surface area contributed by atoms with Crippen molar-refractivity contribution in [2.24, 2.45) is 0 Å². The summed E-state index contributed by atoms with van der Waals surface area (Å²) < 4.78 is 17.1. The molecule has 0 aliphatic carbocycles. The van der Waals surface area contributed by atoms with Crippen LogP contribution in [0.4, 0.5) is 4.39 Å². The van der Waals surface area contributed by atoms with Crippen LogP contribution < -0.4 is 0 Å². The monoisotopic (exact) mass is 113 g/mol. The van der Waals surface area contributed by atoms with E-state index in [1.807, 2.05) is 0 Å². The lowest BCUT2D eigenvalue weighted by molar-refractivity contribution is 0.310. The average molecular weight is 113 g/mol. The highest BCUT2D eigenvalue weighted by molar-refractivity contribution is 5.16. The molecule has 0 atom stereocenters. The molecule has 1 aliphatic heterocycles. The summed E-state index contributed by atoms with van der Waals surface area (Å²) in [6.45, 7) is 3.21. The van der Waals surface area contributed by atoms with Gasteiger partial charge in [-0.3, -0.25) is 0 Å². The Balaban J connectivity index is 2.69. The predicted octanol–water partition coefficient (Wildman–Crippen LogP) is 1.59. The van der Waals surface area contributed by atoms with Gasteiger partial charge in [0.1, 0.15) is 0 Å². The van der Waals surface area contributed by atoms with E-state index in [0.29, 0.717) is 0 Å². The molecule has 2 heteroatoms. The molecule has 0 spiro atoms. The second-order valence-corrected chi connectivity index (χ2v) is 1.67. The van der Waals surface area contributed by atoms with Gasteiger partial charge in [-0.05, 0) is 19.1 Å². The maximum atomic E-state index is 12.5. The van der Waals surface area contributed by atoms with Crippen LogP contribution in [0.3, 0.4) is 0 Å². The summed E-state index contributed by atoms with van der Waals surface area (Å²) in [5.74, 6) is 0. The van der Waals surface area contributed by atoms with Crippen LogP contribution in [-0.2, 0) is 4.74 Å². The summed E-state index contributed by atoms with van der Waals surface area (Å²) in [4.78, 5) is 0. The van der Waals surface area contributed by atoms with Crippen molar-refractivity contribution in [3.05, 3.63) is 31.6 Å². The summed E-state index contributed by atoms with van der Waals surface area (Å²) in [6.07, 6.45) is 5.03. The first-order valence-electron chi connectivity index (χ1n) is 2.26. The quantitative estimate of drug-likeness (QED) is 0.463. The molecule has 1 nitrogen and oxygen atoms in total. The van der Waals surface area contributed by atoms with Gasteiger partial charge in [0.25, 0.3) is 0 Å². The topological polar surface area (TPSA) is 9.23 Å². The van der Waals surface area contributed by atoms with Crippen LogP contribution in [0.5, 0.6) is 0 Å². The summed E-state index contributed by atoms with van der Waals surface area (Å²) in [7, 11) is 0. The molecule has 0 N–H and O–H groups in total. The Morgan fingerprint density at radius 2 is 1.88 bits per heavy atom. The maximum absolute atomic E-state index is 12.5. The highest BCUT2D eigenvalue weighted by atomic mass is 19.1. The van der Waals surface area contributed by atoms with Crippen molar-refractivity contribution in [1.29, 1.82) is 0 Å². The molecule has 8 heavy (non-hydrogen) atoms. The number of hydrogen-bond acceptors (Lipinski definition) is 1. The molecule has 0 fully saturated rings. The molecule has 0 saturated heterocycles. The summed E-state index contributed by atoms with van der Waals surface area (Å²) in [6, 6.07) is 0. The second-order valence-electron chi connectivity index (χ2n) is 1.67. The molecule has 1 rings (SSSR count). The maximum Gasteiger partial charge on any atom is 0.153 e. The van der Waals surface area contributed by atoms with E-state index in [2.05, 4.69) is 11.7 Å². The molecule has 0 amide bonds. The molecule has 0 aromatic carbocycles. The first-order chi connectivity index (χ1) is 3.71. The fraction of sp³-hybridized carbons (Fsp3) is 0.167. The SMILES string of the molecule is [CH2]C1(F)C=COC=C1. The number of rotatable bonds is 0. The second kappa shape index (κ2) is 1.62. The molecule has 0 bridgehead atoms. The van der Waals surface area contributed by atoms with Crippen molar-refractivity contribution >= 4 is 0 Å². The Labute approximate surface area is 47.5 Å². The van der Waals surface area contributed by atoms with Gasteiger partial charge in [0.2, 0.25) is 0 Å².